The highest BCUT2D eigenvalue weighted by Gasteiger charge is 2.45. The smallest absolute Gasteiger partial charge is 0.272 e. The molecule has 0 radical (unpaired) electrons. The molecule has 1 aliphatic heterocycles. The Labute approximate surface area is 161 Å². The van der Waals surface area contributed by atoms with Crippen molar-refractivity contribution >= 4 is 50.5 Å². The molecular weight excluding hydrogens is 390 g/mol. The summed E-state index contributed by atoms with van der Waals surface area (Å²) in [4.78, 5) is 30.5. The maximum atomic E-state index is 12.8. The number of anilines is 1. The largest absolute Gasteiger partial charge is 0.281 e. The third kappa shape index (κ3) is 3.51. The van der Waals surface area contributed by atoms with Crippen LogP contribution in [0.2, 0.25) is 0 Å². The van der Waals surface area contributed by atoms with Crippen LogP contribution in [0.3, 0.4) is 0 Å². The van der Waals surface area contributed by atoms with Gasteiger partial charge in [-0.15, -0.1) is 11.6 Å². The summed E-state index contributed by atoms with van der Waals surface area (Å²) in [6.07, 6.45) is 0. The molecule has 1 saturated heterocycles. The lowest BCUT2D eigenvalue weighted by atomic mass is 10.1. The van der Waals surface area contributed by atoms with Crippen molar-refractivity contribution in [3.8, 4) is 0 Å². The molecule has 3 rings (SSSR count). The van der Waals surface area contributed by atoms with Gasteiger partial charge in [0.2, 0.25) is 10.0 Å². The molecule has 0 bridgehead atoms. The highest BCUT2D eigenvalue weighted by molar-refractivity contribution is 7.89. The monoisotopic (exact) mass is 405 g/mol. The fourth-order valence-electron chi connectivity index (χ4n) is 2.71. The average molecular weight is 406 g/mol. The number of amides is 2. The van der Waals surface area contributed by atoms with Crippen LogP contribution in [0, 0.1) is 13.8 Å². The molecule has 2 aromatic rings. The van der Waals surface area contributed by atoms with Gasteiger partial charge in [-0.2, -0.15) is 0 Å². The lowest BCUT2D eigenvalue weighted by Crippen LogP contribution is -2.31. The summed E-state index contributed by atoms with van der Waals surface area (Å²) in [6, 6.07) is 10.6. The maximum Gasteiger partial charge on any atom is 0.281 e. The van der Waals surface area contributed by atoms with Gasteiger partial charge in [0.05, 0.1) is 16.3 Å². The van der Waals surface area contributed by atoms with Crippen LogP contribution < -0.4 is 10.0 Å². The summed E-state index contributed by atoms with van der Waals surface area (Å²) >= 11 is 6.16. The first-order chi connectivity index (χ1) is 12.6. The van der Waals surface area contributed by atoms with Crippen molar-refractivity contribution in [1.82, 2.24) is 0 Å². The molecule has 2 amide bonds. The number of halogens is 1. The van der Waals surface area contributed by atoms with Gasteiger partial charge < -0.3 is 0 Å². The van der Waals surface area contributed by atoms with Crippen molar-refractivity contribution in [1.29, 1.82) is 0 Å². The lowest BCUT2D eigenvalue weighted by molar-refractivity contribution is -0.120. The number of hydrogen-bond acceptors (Lipinski definition) is 5. The lowest BCUT2D eigenvalue weighted by Gasteiger charge is -2.17. The van der Waals surface area contributed by atoms with Gasteiger partial charge in [0.25, 0.3) is 11.8 Å². The molecule has 1 unspecified atom stereocenters. The first-order valence-electron chi connectivity index (χ1n) is 7.91. The Hall–Kier alpha value is -2.55. The zero-order valence-corrected chi connectivity index (χ0v) is 16.1. The van der Waals surface area contributed by atoms with Crippen molar-refractivity contribution in [2.45, 2.75) is 24.1 Å². The van der Waals surface area contributed by atoms with E-state index in [0.717, 1.165) is 16.0 Å². The number of nitrogens with two attached hydrogens (primary N) is 1. The quantitative estimate of drug-likeness (QED) is 0.623. The Morgan fingerprint density at radius 1 is 1.07 bits per heavy atom. The van der Waals surface area contributed by atoms with Crippen molar-refractivity contribution in [3.05, 3.63) is 53.6 Å². The number of imide groups is 1. The molecule has 2 N–H and O–H groups in total. The van der Waals surface area contributed by atoms with E-state index in [4.69, 9.17) is 16.7 Å². The molecular formula is C18H16ClN3O4S. The molecule has 140 valence electrons. The molecule has 1 atom stereocenters. The van der Waals surface area contributed by atoms with Crippen molar-refractivity contribution in [2.24, 2.45) is 10.1 Å². The molecule has 7 nitrogen and oxygen atoms in total. The number of aryl methyl sites for hydroxylation is 1. The molecule has 1 fully saturated rings. The number of aliphatic imine (C=N–C) groups is 1. The number of benzene rings is 2. The normalized spacial score (nSPS) is 19.2. The Morgan fingerprint density at radius 2 is 1.70 bits per heavy atom. The minimum atomic E-state index is -3.83. The van der Waals surface area contributed by atoms with E-state index in [2.05, 4.69) is 4.99 Å². The number of carbonyl (C=O) groups excluding carboxylic acids is 2. The molecule has 2 aromatic carbocycles. The summed E-state index contributed by atoms with van der Waals surface area (Å²) in [5, 5.41) is 3.82. The van der Waals surface area contributed by atoms with E-state index < -0.39 is 27.2 Å². The van der Waals surface area contributed by atoms with E-state index >= 15 is 0 Å². The average Bonchev–Trinajstić information content (AvgIpc) is 2.81. The second kappa shape index (κ2) is 6.88. The molecule has 0 aromatic heterocycles. The van der Waals surface area contributed by atoms with Crippen LogP contribution in [-0.4, -0.2) is 31.3 Å². The van der Waals surface area contributed by atoms with E-state index in [9.17, 15) is 18.0 Å². The summed E-state index contributed by atoms with van der Waals surface area (Å²) in [7, 11) is -3.83. The number of carbonyl (C=O) groups is 2. The van der Waals surface area contributed by atoms with Crippen LogP contribution in [0.4, 0.5) is 11.4 Å². The number of primary sulfonamides is 1. The Bertz CT molecular complexity index is 1080. The summed E-state index contributed by atoms with van der Waals surface area (Å²) in [6.45, 7) is 3.69. The van der Waals surface area contributed by atoms with Crippen LogP contribution in [0.1, 0.15) is 11.1 Å². The molecule has 0 spiro atoms. The molecule has 1 heterocycles. The van der Waals surface area contributed by atoms with Crippen LogP contribution in [0.25, 0.3) is 0 Å². The maximum absolute atomic E-state index is 12.8. The van der Waals surface area contributed by atoms with Gasteiger partial charge in [0.1, 0.15) is 5.71 Å². The fraction of sp³-hybridized carbons (Fsp3) is 0.167. The van der Waals surface area contributed by atoms with Crippen LogP contribution >= 0.6 is 11.6 Å². The number of nitrogens with zero attached hydrogens (tertiary/aromatic N) is 2. The van der Waals surface area contributed by atoms with Gasteiger partial charge >= 0.3 is 0 Å². The number of rotatable bonds is 3. The molecule has 27 heavy (non-hydrogen) atoms. The number of hydrogen-bond donors (Lipinski definition) is 1. The van der Waals surface area contributed by atoms with Gasteiger partial charge in [0.15, 0.2) is 5.38 Å². The molecule has 0 aliphatic carbocycles. The van der Waals surface area contributed by atoms with Crippen molar-refractivity contribution in [2.75, 3.05) is 4.90 Å². The number of sulfonamides is 1. The van der Waals surface area contributed by atoms with Crippen molar-refractivity contribution in [3.63, 3.8) is 0 Å². The number of alkyl halides is 1. The summed E-state index contributed by atoms with van der Waals surface area (Å²) in [5.74, 6) is -1.18. The third-order valence-electron chi connectivity index (χ3n) is 4.33. The van der Waals surface area contributed by atoms with Crippen LogP contribution in [0.5, 0.6) is 0 Å². The predicted octanol–water partition coefficient (Wildman–Crippen LogP) is 2.20. The van der Waals surface area contributed by atoms with Crippen LogP contribution in [0.15, 0.2) is 52.4 Å². The SMILES string of the molecule is Cc1cccc(N2C(=O)C(=Nc3ccc(S(N)(=O)=O)cc3)C(Cl)C2=O)c1C. The standard InChI is InChI=1S/C18H16ClN3O4S/c1-10-4-3-5-14(11(10)2)22-17(23)15(19)16(18(22)24)21-12-6-8-13(9-7-12)27(20,25)26/h3-9,15H,1-2H3,(H2,20,25,26). The second-order valence-corrected chi connectivity index (χ2v) is 8.09. The van der Waals surface area contributed by atoms with E-state index in [0.29, 0.717) is 5.69 Å². The minimum Gasteiger partial charge on any atom is -0.272 e. The first-order valence-corrected chi connectivity index (χ1v) is 9.89. The van der Waals surface area contributed by atoms with Gasteiger partial charge in [-0.1, -0.05) is 12.1 Å². The highest BCUT2D eigenvalue weighted by Crippen LogP contribution is 2.30. The Balaban J connectivity index is 2.00. The first kappa shape index (κ1) is 19.2. The van der Waals surface area contributed by atoms with E-state index in [-0.39, 0.29) is 16.3 Å². The zero-order valence-electron chi connectivity index (χ0n) is 14.5. The third-order valence-corrected chi connectivity index (χ3v) is 5.65. The summed E-state index contributed by atoms with van der Waals surface area (Å²) < 4.78 is 22.6. The van der Waals surface area contributed by atoms with Gasteiger partial charge in [-0.25, -0.2) is 23.4 Å². The van der Waals surface area contributed by atoms with E-state index in [1.54, 1.807) is 12.1 Å². The summed E-state index contributed by atoms with van der Waals surface area (Å²) in [5.41, 5.74) is 2.35. The highest BCUT2D eigenvalue weighted by atomic mass is 35.5. The van der Waals surface area contributed by atoms with Gasteiger partial charge in [0, 0.05) is 0 Å². The Morgan fingerprint density at radius 3 is 2.30 bits per heavy atom. The molecule has 1 aliphatic rings. The predicted molar refractivity (Wildman–Crippen MR) is 103 cm³/mol. The van der Waals surface area contributed by atoms with Crippen LogP contribution in [-0.2, 0) is 19.6 Å². The minimum absolute atomic E-state index is 0.0836. The fourth-order valence-corrected chi connectivity index (χ4v) is 3.47. The zero-order chi connectivity index (χ0) is 19.9. The van der Waals surface area contributed by atoms with E-state index in [1.807, 2.05) is 19.9 Å². The second-order valence-electron chi connectivity index (χ2n) is 6.10. The molecule has 0 saturated carbocycles. The van der Waals surface area contributed by atoms with Gasteiger partial charge in [-0.3, -0.25) is 9.59 Å². The topological polar surface area (TPSA) is 110 Å². The Kier molecular flexibility index (Phi) is 4.90. The molecule has 9 heteroatoms. The van der Waals surface area contributed by atoms with Crippen molar-refractivity contribution < 1.29 is 18.0 Å². The van der Waals surface area contributed by atoms with E-state index in [1.165, 1.54) is 24.3 Å². The van der Waals surface area contributed by atoms with Gasteiger partial charge in [-0.05, 0) is 55.3 Å².